The quantitative estimate of drug-likeness (QED) is 0.542. The van der Waals surface area contributed by atoms with Crippen LogP contribution in [-0.4, -0.2) is 48.8 Å². The molecule has 0 fully saturated rings. The van der Waals surface area contributed by atoms with Crippen LogP contribution >= 0.6 is 0 Å². The van der Waals surface area contributed by atoms with Gasteiger partial charge in [0.2, 0.25) is 11.8 Å². The van der Waals surface area contributed by atoms with E-state index in [2.05, 4.69) is 25.1 Å². The van der Waals surface area contributed by atoms with Crippen molar-refractivity contribution in [1.29, 1.82) is 0 Å². The molecule has 1 aliphatic heterocycles. The Morgan fingerprint density at radius 3 is 2.93 bits per heavy atom. The smallest absolute Gasteiger partial charge is 0.267 e. The highest BCUT2D eigenvalue weighted by Crippen LogP contribution is 2.30. The fourth-order valence-electron chi connectivity index (χ4n) is 3.33. The summed E-state index contributed by atoms with van der Waals surface area (Å²) in [6, 6.07) is 7.72. The highest BCUT2D eigenvalue weighted by atomic mass is 16.5. The number of aromatic amines is 1. The summed E-state index contributed by atoms with van der Waals surface area (Å²) in [6.45, 7) is 2.54. The SMILES string of the molecule is Cc1nnc(-n2ccc3cc(N4CCOc5ncnc(N)c5C4=O)ccc32)[nH]1. The maximum Gasteiger partial charge on any atom is 0.267 e. The fraction of sp³-hybridized carbons (Fsp3) is 0.167. The maximum atomic E-state index is 13.1. The van der Waals surface area contributed by atoms with Gasteiger partial charge in [0.1, 0.15) is 30.1 Å². The average molecular weight is 376 g/mol. The lowest BCUT2D eigenvalue weighted by Crippen LogP contribution is -2.32. The van der Waals surface area contributed by atoms with Crippen LogP contribution in [0.4, 0.5) is 11.5 Å². The highest BCUT2D eigenvalue weighted by Gasteiger charge is 2.28. The Hall–Kier alpha value is -3.95. The van der Waals surface area contributed by atoms with Crippen LogP contribution in [0.25, 0.3) is 16.9 Å². The second-order valence-electron chi connectivity index (χ2n) is 6.41. The first-order chi connectivity index (χ1) is 13.6. The van der Waals surface area contributed by atoms with Gasteiger partial charge >= 0.3 is 0 Å². The third kappa shape index (κ3) is 2.46. The first kappa shape index (κ1) is 16.2. The van der Waals surface area contributed by atoms with Crippen LogP contribution < -0.4 is 15.4 Å². The van der Waals surface area contributed by atoms with E-state index < -0.39 is 0 Å². The molecule has 28 heavy (non-hydrogen) atoms. The molecule has 0 atom stereocenters. The van der Waals surface area contributed by atoms with Crippen molar-refractivity contribution in [3.63, 3.8) is 0 Å². The van der Waals surface area contributed by atoms with E-state index in [0.29, 0.717) is 19.1 Å². The number of rotatable bonds is 2. The molecule has 0 saturated heterocycles. The average Bonchev–Trinajstić information content (AvgIpc) is 3.25. The molecule has 0 bridgehead atoms. The topological polar surface area (TPSA) is 128 Å². The summed E-state index contributed by atoms with van der Waals surface area (Å²) < 4.78 is 7.50. The Morgan fingerprint density at radius 1 is 1.21 bits per heavy atom. The van der Waals surface area contributed by atoms with Crippen LogP contribution in [0.1, 0.15) is 16.2 Å². The van der Waals surface area contributed by atoms with E-state index in [1.165, 1.54) is 6.33 Å². The molecule has 0 spiro atoms. The molecule has 1 amide bonds. The molecule has 1 aliphatic rings. The number of H-pyrrole nitrogens is 1. The molecule has 10 heteroatoms. The number of hydrogen-bond acceptors (Lipinski definition) is 7. The summed E-state index contributed by atoms with van der Waals surface area (Å²) in [5.74, 6) is 1.42. The zero-order chi connectivity index (χ0) is 19.3. The lowest BCUT2D eigenvalue weighted by molar-refractivity contribution is 0.0990. The normalized spacial score (nSPS) is 14.0. The molecular formula is C18H16N8O2. The van der Waals surface area contributed by atoms with Gasteiger partial charge in [-0.15, -0.1) is 10.2 Å². The molecular weight excluding hydrogens is 360 g/mol. The molecule has 4 aromatic rings. The van der Waals surface area contributed by atoms with E-state index in [9.17, 15) is 4.79 Å². The van der Waals surface area contributed by atoms with Crippen molar-refractivity contribution in [2.45, 2.75) is 6.92 Å². The van der Waals surface area contributed by atoms with E-state index in [1.807, 2.05) is 42.0 Å². The number of hydrogen-bond donors (Lipinski definition) is 2. The van der Waals surface area contributed by atoms with Crippen LogP contribution in [0.2, 0.25) is 0 Å². The van der Waals surface area contributed by atoms with Gasteiger partial charge in [-0.3, -0.25) is 9.36 Å². The molecule has 0 radical (unpaired) electrons. The first-order valence-electron chi connectivity index (χ1n) is 8.68. The Bertz CT molecular complexity index is 1210. The van der Waals surface area contributed by atoms with E-state index in [1.54, 1.807) is 4.90 Å². The lowest BCUT2D eigenvalue weighted by Gasteiger charge is -2.20. The summed E-state index contributed by atoms with van der Waals surface area (Å²) in [5, 5.41) is 9.09. The molecule has 5 rings (SSSR count). The van der Waals surface area contributed by atoms with Crippen molar-refractivity contribution < 1.29 is 9.53 Å². The summed E-state index contributed by atoms with van der Waals surface area (Å²) in [6.07, 6.45) is 3.19. The third-order valence-electron chi connectivity index (χ3n) is 4.66. The minimum Gasteiger partial charge on any atom is -0.475 e. The summed E-state index contributed by atoms with van der Waals surface area (Å²) in [5.41, 5.74) is 7.78. The number of benzene rings is 1. The number of carbonyl (C=O) groups is 1. The summed E-state index contributed by atoms with van der Waals surface area (Å²) in [7, 11) is 0. The highest BCUT2D eigenvalue weighted by molar-refractivity contribution is 6.11. The molecule has 0 aliphatic carbocycles. The van der Waals surface area contributed by atoms with Gasteiger partial charge in [0.25, 0.3) is 5.91 Å². The number of amides is 1. The number of aryl methyl sites for hydroxylation is 1. The van der Waals surface area contributed by atoms with Gasteiger partial charge in [0.15, 0.2) is 0 Å². The Balaban J connectivity index is 1.56. The largest absolute Gasteiger partial charge is 0.475 e. The molecule has 140 valence electrons. The van der Waals surface area contributed by atoms with Crippen molar-refractivity contribution in [2.75, 3.05) is 23.8 Å². The van der Waals surface area contributed by atoms with E-state index in [0.717, 1.165) is 22.4 Å². The number of ether oxygens (including phenoxy) is 1. The number of anilines is 2. The fourth-order valence-corrected chi connectivity index (χ4v) is 3.33. The van der Waals surface area contributed by atoms with Gasteiger partial charge < -0.3 is 20.4 Å². The maximum absolute atomic E-state index is 13.1. The van der Waals surface area contributed by atoms with Gasteiger partial charge in [-0.1, -0.05) is 0 Å². The second-order valence-corrected chi connectivity index (χ2v) is 6.41. The first-order valence-corrected chi connectivity index (χ1v) is 8.68. The Kier molecular flexibility index (Phi) is 3.51. The van der Waals surface area contributed by atoms with Crippen molar-refractivity contribution in [2.24, 2.45) is 0 Å². The zero-order valence-electron chi connectivity index (χ0n) is 15.0. The number of fused-ring (bicyclic) bond motifs is 2. The Morgan fingerprint density at radius 2 is 2.11 bits per heavy atom. The summed E-state index contributed by atoms with van der Waals surface area (Å²) >= 11 is 0. The van der Waals surface area contributed by atoms with Crippen LogP contribution in [0.3, 0.4) is 0 Å². The van der Waals surface area contributed by atoms with Crippen LogP contribution in [0, 0.1) is 6.92 Å². The van der Waals surface area contributed by atoms with Gasteiger partial charge in [-0.2, -0.15) is 0 Å². The minimum absolute atomic E-state index is 0.106. The monoisotopic (exact) mass is 376 g/mol. The Labute approximate surface area is 159 Å². The van der Waals surface area contributed by atoms with E-state index in [-0.39, 0.29) is 23.2 Å². The van der Waals surface area contributed by atoms with Gasteiger partial charge in [-0.25, -0.2) is 9.97 Å². The number of nitrogens with zero attached hydrogens (tertiary/aromatic N) is 6. The van der Waals surface area contributed by atoms with Crippen LogP contribution in [0.5, 0.6) is 5.88 Å². The molecule has 0 saturated carbocycles. The van der Waals surface area contributed by atoms with E-state index in [4.69, 9.17) is 10.5 Å². The van der Waals surface area contributed by atoms with Gasteiger partial charge in [0, 0.05) is 17.3 Å². The van der Waals surface area contributed by atoms with Crippen molar-refractivity contribution in [3.8, 4) is 11.8 Å². The minimum atomic E-state index is -0.282. The number of carbonyl (C=O) groups excluding carboxylic acids is 1. The van der Waals surface area contributed by atoms with E-state index >= 15 is 0 Å². The molecule has 3 N–H and O–H groups in total. The molecule has 3 aromatic heterocycles. The lowest BCUT2D eigenvalue weighted by atomic mass is 10.2. The molecule has 1 aromatic carbocycles. The predicted octanol–water partition coefficient (Wildman–Crippen LogP) is 1.47. The standard InChI is InChI=1S/C18H16N8O2/c1-10-22-18(24-23-10)26-5-4-11-8-12(2-3-13(11)26)25-6-7-28-16-14(17(25)27)15(19)20-9-21-16/h2-5,8-9H,6-7H2,1H3,(H2,19,20,21)(H,22,23,24). The molecule has 4 heterocycles. The third-order valence-corrected chi connectivity index (χ3v) is 4.66. The van der Waals surface area contributed by atoms with Crippen molar-refractivity contribution >= 4 is 28.3 Å². The van der Waals surface area contributed by atoms with Crippen molar-refractivity contribution in [1.82, 2.24) is 29.7 Å². The van der Waals surface area contributed by atoms with Crippen molar-refractivity contribution in [3.05, 3.63) is 48.2 Å². The molecule has 10 nitrogen and oxygen atoms in total. The number of nitrogen functional groups attached to an aromatic ring is 1. The van der Waals surface area contributed by atoms with Gasteiger partial charge in [0.05, 0.1) is 12.1 Å². The summed E-state index contributed by atoms with van der Waals surface area (Å²) in [4.78, 5) is 25.8. The van der Waals surface area contributed by atoms with Crippen LogP contribution in [0.15, 0.2) is 36.8 Å². The molecule has 0 unspecified atom stereocenters. The predicted molar refractivity (Wildman–Crippen MR) is 102 cm³/mol. The number of nitrogens with one attached hydrogen (secondary N) is 1. The van der Waals surface area contributed by atoms with Gasteiger partial charge in [-0.05, 0) is 31.2 Å². The second kappa shape index (κ2) is 6.05. The zero-order valence-corrected chi connectivity index (χ0v) is 15.0. The number of aromatic nitrogens is 6. The number of nitrogens with two attached hydrogens (primary N) is 1. The van der Waals surface area contributed by atoms with Crippen LogP contribution in [-0.2, 0) is 0 Å².